The van der Waals surface area contributed by atoms with Crippen LogP contribution in [0, 0.1) is 5.92 Å². The van der Waals surface area contributed by atoms with E-state index in [1.54, 1.807) is 25.2 Å². The first-order valence-electron chi connectivity index (χ1n) is 11.4. The molecule has 0 spiro atoms. The van der Waals surface area contributed by atoms with Crippen molar-refractivity contribution in [1.82, 2.24) is 29.9 Å². The Kier molecular flexibility index (Phi) is 5.01. The lowest BCUT2D eigenvalue weighted by Gasteiger charge is -2.28. The largest absolute Gasteiger partial charge is 0.491 e. The molecule has 1 aliphatic heterocycles. The Labute approximate surface area is 190 Å². The lowest BCUT2D eigenvalue weighted by atomic mass is 9.80. The molecule has 0 saturated carbocycles. The normalized spacial score (nSPS) is 20.4. The number of H-pyrrole nitrogens is 2. The standard InChI is InChI=1S/C24H25N7O2/c32-22-15(9-16-10-25-12-26-16)6-7-18-19(22)4-1-5-20(18)33-11-17-3-2-8-31(17)24-21-23(28-13-27-21)29-14-30-24/h1,4-5,10,12-15,17H,2-3,6-9,11H2,(H,25,26)(H,27,28,29,30)/t15?,17-/m1/s1. The maximum Gasteiger partial charge on any atom is 0.182 e. The van der Waals surface area contributed by atoms with Crippen molar-refractivity contribution in [1.29, 1.82) is 0 Å². The number of anilines is 1. The van der Waals surface area contributed by atoms with E-state index >= 15 is 0 Å². The molecule has 6 rings (SSSR count). The van der Waals surface area contributed by atoms with Crippen molar-refractivity contribution in [2.75, 3.05) is 18.1 Å². The lowest BCUT2D eigenvalue weighted by Crippen LogP contribution is -2.35. The smallest absolute Gasteiger partial charge is 0.182 e. The van der Waals surface area contributed by atoms with Gasteiger partial charge < -0.3 is 19.6 Å². The van der Waals surface area contributed by atoms with Crippen LogP contribution in [0.25, 0.3) is 11.2 Å². The van der Waals surface area contributed by atoms with Crippen LogP contribution in [0.2, 0.25) is 0 Å². The molecule has 2 aliphatic rings. The van der Waals surface area contributed by atoms with E-state index < -0.39 is 0 Å². The number of nitrogens with zero attached hydrogens (tertiary/aromatic N) is 5. The Morgan fingerprint density at radius 2 is 2.09 bits per heavy atom. The summed E-state index contributed by atoms with van der Waals surface area (Å²) in [4.78, 5) is 38.8. The zero-order valence-electron chi connectivity index (χ0n) is 18.2. The molecule has 1 aromatic carbocycles. The van der Waals surface area contributed by atoms with Crippen LogP contribution in [0.4, 0.5) is 5.82 Å². The Morgan fingerprint density at radius 1 is 1.12 bits per heavy atom. The van der Waals surface area contributed by atoms with Crippen LogP contribution < -0.4 is 9.64 Å². The van der Waals surface area contributed by atoms with Gasteiger partial charge >= 0.3 is 0 Å². The van der Waals surface area contributed by atoms with Gasteiger partial charge in [-0.3, -0.25) is 4.79 Å². The van der Waals surface area contributed by atoms with Crippen LogP contribution in [-0.4, -0.2) is 54.9 Å². The number of aromatic nitrogens is 6. The van der Waals surface area contributed by atoms with Crippen molar-refractivity contribution in [2.45, 2.75) is 38.1 Å². The number of benzene rings is 1. The molecule has 9 nitrogen and oxygen atoms in total. The van der Waals surface area contributed by atoms with Crippen LogP contribution in [0.5, 0.6) is 5.75 Å². The quantitative estimate of drug-likeness (QED) is 0.471. The molecular formula is C24H25N7O2. The number of Topliss-reactive ketones (excluding diaryl/α,β-unsaturated/α-hetero) is 1. The second-order valence-corrected chi connectivity index (χ2v) is 8.76. The molecule has 33 heavy (non-hydrogen) atoms. The number of fused-ring (bicyclic) bond motifs is 2. The van der Waals surface area contributed by atoms with Crippen LogP contribution in [0.1, 0.15) is 40.9 Å². The monoisotopic (exact) mass is 443 g/mol. The molecule has 3 aromatic heterocycles. The van der Waals surface area contributed by atoms with Crippen LogP contribution in [-0.2, 0) is 12.8 Å². The van der Waals surface area contributed by atoms with Gasteiger partial charge in [0.15, 0.2) is 17.2 Å². The van der Waals surface area contributed by atoms with Gasteiger partial charge in [0.1, 0.15) is 24.2 Å². The van der Waals surface area contributed by atoms with Gasteiger partial charge in [0.25, 0.3) is 0 Å². The minimum absolute atomic E-state index is 0.0203. The summed E-state index contributed by atoms with van der Waals surface area (Å²) in [5.41, 5.74) is 4.36. The van der Waals surface area contributed by atoms with Crippen molar-refractivity contribution in [3.8, 4) is 5.75 Å². The summed E-state index contributed by atoms with van der Waals surface area (Å²) in [5, 5.41) is 0. The van der Waals surface area contributed by atoms with E-state index in [4.69, 9.17) is 4.74 Å². The third-order valence-corrected chi connectivity index (χ3v) is 6.82. The highest BCUT2D eigenvalue weighted by molar-refractivity contribution is 6.01. The lowest BCUT2D eigenvalue weighted by molar-refractivity contribution is 0.0899. The Hall–Kier alpha value is -3.75. The molecule has 4 heterocycles. The minimum Gasteiger partial charge on any atom is -0.491 e. The van der Waals surface area contributed by atoms with Crippen molar-refractivity contribution in [3.63, 3.8) is 0 Å². The highest BCUT2D eigenvalue weighted by atomic mass is 16.5. The summed E-state index contributed by atoms with van der Waals surface area (Å²) in [6, 6.07) is 6.05. The molecular weight excluding hydrogens is 418 g/mol. The topological polar surface area (TPSA) is 113 Å². The summed E-state index contributed by atoms with van der Waals surface area (Å²) in [5.74, 6) is 1.87. The number of carbonyl (C=O) groups excluding carboxylic acids is 1. The zero-order chi connectivity index (χ0) is 22.2. The number of carbonyl (C=O) groups is 1. The second kappa shape index (κ2) is 8.31. The molecule has 168 valence electrons. The van der Waals surface area contributed by atoms with Crippen molar-refractivity contribution < 1.29 is 9.53 Å². The summed E-state index contributed by atoms with van der Waals surface area (Å²) < 4.78 is 6.34. The molecule has 0 radical (unpaired) electrons. The average molecular weight is 444 g/mol. The number of hydrogen-bond acceptors (Lipinski definition) is 7. The first-order valence-corrected chi connectivity index (χ1v) is 11.4. The number of aromatic amines is 2. The number of nitrogens with one attached hydrogen (secondary N) is 2. The van der Waals surface area contributed by atoms with Gasteiger partial charge in [-0.25, -0.2) is 19.9 Å². The van der Waals surface area contributed by atoms with Crippen LogP contribution >= 0.6 is 0 Å². The first-order chi connectivity index (χ1) is 16.3. The zero-order valence-corrected chi connectivity index (χ0v) is 18.2. The maximum absolute atomic E-state index is 13.2. The van der Waals surface area contributed by atoms with Gasteiger partial charge in [0.2, 0.25) is 0 Å². The Bertz CT molecular complexity index is 1280. The highest BCUT2D eigenvalue weighted by Crippen LogP contribution is 2.34. The third-order valence-electron chi connectivity index (χ3n) is 6.82. The van der Waals surface area contributed by atoms with Crippen molar-refractivity contribution >= 4 is 22.8 Å². The predicted molar refractivity (Wildman–Crippen MR) is 122 cm³/mol. The average Bonchev–Trinajstić information content (AvgIpc) is 3.61. The molecule has 1 fully saturated rings. The molecule has 0 amide bonds. The number of ether oxygens (including phenoxy) is 1. The molecule has 1 unspecified atom stereocenters. The van der Waals surface area contributed by atoms with Crippen LogP contribution in [0.3, 0.4) is 0 Å². The van der Waals surface area contributed by atoms with Crippen molar-refractivity contribution in [2.24, 2.45) is 5.92 Å². The second-order valence-electron chi connectivity index (χ2n) is 8.76. The summed E-state index contributed by atoms with van der Waals surface area (Å²) in [6.07, 6.45) is 11.1. The first kappa shape index (κ1) is 19.9. The molecule has 4 aromatic rings. The van der Waals surface area contributed by atoms with E-state index in [1.165, 1.54) is 0 Å². The van der Waals surface area contributed by atoms with E-state index in [-0.39, 0.29) is 17.7 Å². The fourth-order valence-corrected chi connectivity index (χ4v) is 5.16. The predicted octanol–water partition coefficient (Wildman–Crippen LogP) is 3.11. The Balaban J connectivity index is 1.19. The molecule has 1 saturated heterocycles. The number of ketones is 1. The number of hydrogen-bond donors (Lipinski definition) is 2. The maximum atomic E-state index is 13.2. The van der Waals surface area contributed by atoms with E-state index in [1.807, 2.05) is 18.2 Å². The molecule has 9 heteroatoms. The van der Waals surface area contributed by atoms with E-state index in [0.717, 1.165) is 66.1 Å². The van der Waals surface area contributed by atoms with E-state index in [2.05, 4.69) is 34.8 Å². The summed E-state index contributed by atoms with van der Waals surface area (Å²) in [6.45, 7) is 1.46. The van der Waals surface area contributed by atoms with E-state index in [9.17, 15) is 4.79 Å². The molecule has 2 atom stereocenters. The number of rotatable bonds is 6. The van der Waals surface area contributed by atoms with Gasteiger partial charge in [-0.1, -0.05) is 12.1 Å². The van der Waals surface area contributed by atoms with Crippen LogP contribution in [0.15, 0.2) is 43.4 Å². The fraction of sp³-hybridized carbons (Fsp3) is 0.375. The molecule has 2 N–H and O–H groups in total. The third kappa shape index (κ3) is 3.63. The summed E-state index contributed by atoms with van der Waals surface area (Å²) in [7, 11) is 0. The van der Waals surface area contributed by atoms with Gasteiger partial charge in [0, 0.05) is 35.5 Å². The van der Waals surface area contributed by atoms with Gasteiger partial charge in [-0.2, -0.15) is 0 Å². The SMILES string of the molecule is O=C1c2cccc(OC[C@H]3CCCN3c3ncnc4nc[nH]c34)c2CCC1Cc1cnc[nH]1. The Morgan fingerprint density at radius 3 is 3.00 bits per heavy atom. The van der Waals surface area contributed by atoms with Gasteiger partial charge in [-0.15, -0.1) is 0 Å². The van der Waals surface area contributed by atoms with Gasteiger partial charge in [-0.05, 0) is 38.2 Å². The number of imidazole rings is 2. The van der Waals surface area contributed by atoms with E-state index in [0.29, 0.717) is 18.7 Å². The summed E-state index contributed by atoms with van der Waals surface area (Å²) >= 11 is 0. The highest BCUT2D eigenvalue weighted by Gasteiger charge is 2.31. The molecule has 0 bridgehead atoms. The fourth-order valence-electron chi connectivity index (χ4n) is 5.16. The van der Waals surface area contributed by atoms with Gasteiger partial charge in [0.05, 0.1) is 18.7 Å². The molecule has 1 aliphatic carbocycles. The van der Waals surface area contributed by atoms with Crippen molar-refractivity contribution in [3.05, 3.63) is 60.2 Å². The minimum atomic E-state index is -0.0203.